The Labute approximate surface area is 68.9 Å². The Kier molecular flexibility index (Phi) is 3.30. The maximum absolute atomic E-state index is 5.59. The average Bonchev–Trinajstić information content (AvgIpc) is 2.34. The lowest BCUT2D eigenvalue weighted by molar-refractivity contribution is 0.265. The van der Waals surface area contributed by atoms with Gasteiger partial charge < -0.3 is 5.32 Å². The molecule has 3 heteroatoms. The molecule has 11 heavy (non-hydrogen) atoms. The van der Waals surface area contributed by atoms with Gasteiger partial charge in [-0.1, -0.05) is 6.92 Å². The molecule has 1 rings (SSSR count). The van der Waals surface area contributed by atoms with E-state index in [1.54, 1.807) is 5.01 Å². The summed E-state index contributed by atoms with van der Waals surface area (Å²) in [5, 5.41) is 5.27. The molecule has 0 aromatic carbocycles. The van der Waals surface area contributed by atoms with Crippen LogP contribution in [0.3, 0.4) is 0 Å². The molecule has 1 saturated heterocycles. The quantitative estimate of drug-likeness (QED) is 0.453. The molecule has 0 spiro atoms. The standard InChI is InChI=1S/C8H19N3/c1-3-8-7(4-5-10-8)6-11(2)9/h7-8,10H,3-6,9H2,1-2H3. The Bertz CT molecular complexity index is 114. The number of nitrogens with one attached hydrogen (secondary N) is 1. The molecule has 0 aliphatic carbocycles. The van der Waals surface area contributed by atoms with Crippen molar-refractivity contribution in [1.82, 2.24) is 10.3 Å². The van der Waals surface area contributed by atoms with Gasteiger partial charge in [0.2, 0.25) is 0 Å². The summed E-state index contributed by atoms with van der Waals surface area (Å²) in [7, 11) is 1.94. The first kappa shape index (κ1) is 8.97. The van der Waals surface area contributed by atoms with Crippen molar-refractivity contribution in [2.75, 3.05) is 20.1 Å². The Hall–Kier alpha value is -0.120. The lowest BCUT2D eigenvalue weighted by Gasteiger charge is -2.21. The fourth-order valence-corrected chi connectivity index (χ4v) is 1.89. The van der Waals surface area contributed by atoms with Crippen molar-refractivity contribution in [3.8, 4) is 0 Å². The monoisotopic (exact) mass is 157 g/mol. The zero-order valence-electron chi connectivity index (χ0n) is 7.51. The molecule has 66 valence electrons. The van der Waals surface area contributed by atoms with E-state index in [0.717, 1.165) is 19.0 Å². The predicted octanol–water partition coefficient (Wildman–Crippen LogP) is 0.180. The first-order valence-electron chi connectivity index (χ1n) is 4.43. The van der Waals surface area contributed by atoms with Crippen molar-refractivity contribution in [3.05, 3.63) is 0 Å². The molecule has 0 aromatic rings. The molecule has 1 aliphatic rings. The zero-order chi connectivity index (χ0) is 8.27. The SMILES string of the molecule is CCC1NCCC1CN(C)N. The van der Waals surface area contributed by atoms with Gasteiger partial charge in [-0.3, -0.25) is 5.84 Å². The third kappa shape index (κ3) is 2.43. The van der Waals surface area contributed by atoms with Gasteiger partial charge in [-0.25, -0.2) is 5.01 Å². The number of rotatable bonds is 3. The van der Waals surface area contributed by atoms with Gasteiger partial charge in [-0.2, -0.15) is 0 Å². The minimum absolute atomic E-state index is 0.695. The van der Waals surface area contributed by atoms with Crippen LogP contribution in [0.1, 0.15) is 19.8 Å². The molecular formula is C8H19N3. The van der Waals surface area contributed by atoms with E-state index in [9.17, 15) is 0 Å². The molecule has 1 aliphatic heterocycles. The van der Waals surface area contributed by atoms with Crippen LogP contribution in [0.5, 0.6) is 0 Å². The van der Waals surface area contributed by atoms with Crippen molar-refractivity contribution in [3.63, 3.8) is 0 Å². The topological polar surface area (TPSA) is 41.3 Å². The van der Waals surface area contributed by atoms with Crippen LogP contribution in [0.2, 0.25) is 0 Å². The molecule has 2 unspecified atom stereocenters. The van der Waals surface area contributed by atoms with Gasteiger partial charge >= 0.3 is 0 Å². The molecule has 3 nitrogen and oxygen atoms in total. The van der Waals surface area contributed by atoms with Crippen molar-refractivity contribution in [2.45, 2.75) is 25.8 Å². The lowest BCUT2D eigenvalue weighted by atomic mass is 9.99. The van der Waals surface area contributed by atoms with Gasteiger partial charge in [0.05, 0.1) is 0 Å². The van der Waals surface area contributed by atoms with E-state index in [0.29, 0.717) is 6.04 Å². The Morgan fingerprint density at radius 2 is 2.36 bits per heavy atom. The van der Waals surface area contributed by atoms with E-state index in [-0.39, 0.29) is 0 Å². The first-order chi connectivity index (χ1) is 5.24. The highest BCUT2D eigenvalue weighted by Gasteiger charge is 2.25. The Balaban J connectivity index is 2.31. The van der Waals surface area contributed by atoms with Crippen molar-refractivity contribution >= 4 is 0 Å². The van der Waals surface area contributed by atoms with E-state index in [4.69, 9.17) is 5.84 Å². The lowest BCUT2D eigenvalue weighted by Crippen LogP contribution is -2.37. The zero-order valence-corrected chi connectivity index (χ0v) is 7.51. The van der Waals surface area contributed by atoms with Gasteiger partial charge in [-0.05, 0) is 25.3 Å². The largest absolute Gasteiger partial charge is 0.314 e. The molecule has 1 heterocycles. The average molecular weight is 157 g/mol. The summed E-state index contributed by atoms with van der Waals surface area (Å²) < 4.78 is 0. The summed E-state index contributed by atoms with van der Waals surface area (Å²) in [6, 6.07) is 0.695. The van der Waals surface area contributed by atoms with E-state index in [1.165, 1.54) is 12.8 Å². The van der Waals surface area contributed by atoms with Crippen LogP contribution in [0.15, 0.2) is 0 Å². The van der Waals surface area contributed by atoms with E-state index < -0.39 is 0 Å². The van der Waals surface area contributed by atoms with Crippen LogP contribution in [0, 0.1) is 5.92 Å². The summed E-state index contributed by atoms with van der Waals surface area (Å²) in [6.45, 7) is 4.41. The molecular weight excluding hydrogens is 138 g/mol. The highest BCUT2D eigenvalue weighted by molar-refractivity contribution is 4.83. The second kappa shape index (κ2) is 4.04. The van der Waals surface area contributed by atoms with Crippen molar-refractivity contribution in [2.24, 2.45) is 11.8 Å². The van der Waals surface area contributed by atoms with E-state index in [2.05, 4.69) is 12.2 Å². The predicted molar refractivity (Wildman–Crippen MR) is 47.0 cm³/mol. The van der Waals surface area contributed by atoms with Crippen LogP contribution >= 0.6 is 0 Å². The summed E-state index contributed by atoms with van der Waals surface area (Å²) >= 11 is 0. The van der Waals surface area contributed by atoms with Crippen LogP contribution < -0.4 is 11.2 Å². The minimum Gasteiger partial charge on any atom is -0.314 e. The first-order valence-corrected chi connectivity index (χ1v) is 4.43. The summed E-state index contributed by atoms with van der Waals surface area (Å²) in [6.07, 6.45) is 2.50. The molecule has 0 amide bonds. The van der Waals surface area contributed by atoms with Gasteiger partial charge in [-0.15, -0.1) is 0 Å². The number of hydrogen-bond donors (Lipinski definition) is 2. The number of nitrogens with zero attached hydrogens (tertiary/aromatic N) is 1. The Morgan fingerprint density at radius 3 is 2.91 bits per heavy atom. The third-order valence-electron chi connectivity index (χ3n) is 2.45. The van der Waals surface area contributed by atoms with E-state index in [1.807, 2.05) is 7.05 Å². The second-order valence-corrected chi connectivity index (χ2v) is 3.46. The summed E-state index contributed by atoms with van der Waals surface area (Å²) in [5.74, 6) is 6.35. The molecule has 1 fully saturated rings. The fraction of sp³-hybridized carbons (Fsp3) is 1.00. The normalized spacial score (nSPS) is 31.6. The van der Waals surface area contributed by atoms with Crippen LogP contribution in [0.4, 0.5) is 0 Å². The number of nitrogens with two attached hydrogens (primary N) is 1. The molecule has 0 saturated carbocycles. The van der Waals surface area contributed by atoms with Gasteiger partial charge in [0.1, 0.15) is 0 Å². The summed E-state index contributed by atoms with van der Waals surface area (Å²) in [5.41, 5.74) is 0. The highest BCUT2D eigenvalue weighted by Crippen LogP contribution is 2.17. The molecule has 0 aromatic heterocycles. The third-order valence-corrected chi connectivity index (χ3v) is 2.45. The van der Waals surface area contributed by atoms with Crippen LogP contribution in [-0.2, 0) is 0 Å². The smallest absolute Gasteiger partial charge is 0.0169 e. The van der Waals surface area contributed by atoms with Crippen molar-refractivity contribution in [1.29, 1.82) is 0 Å². The van der Waals surface area contributed by atoms with Gasteiger partial charge in [0.25, 0.3) is 0 Å². The fourth-order valence-electron chi connectivity index (χ4n) is 1.89. The van der Waals surface area contributed by atoms with Gasteiger partial charge in [0, 0.05) is 19.6 Å². The highest BCUT2D eigenvalue weighted by atomic mass is 15.4. The molecule has 0 radical (unpaired) electrons. The Morgan fingerprint density at radius 1 is 1.64 bits per heavy atom. The van der Waals surface area contributed by atoms with Gasteiger partial charge in [0.15, 0.2) is 0 Å². The second-order valence-electron chi connectivity index (χ2n) is 3.46. The van der Waals surface area contributed by atoms with Crippen LogP contribution in [-0.4, -0.2) is 31.2 Å². The molecule has 3 N–H and O–H groups in total. The number of hydrazine groups is 1. The maximum Gasteiger partial charge on any atom is 0.0169 e. The van der Waals surface area contributed by atoms with Crippen LogP contribution in [0.25, 0.3) is 0 Å². The minimum atomic E-state index is 0.695. The molecule has 2 atom stereocenters. The number of hydrogen-bond acceptors (Lipinski definition) is 3. The summed E-state index contributed by atoms with van der Waals surface area (Å²) in [4.78, 5) is 0. The van der Waals surface area contributed by atoms with E-state index >= 15 is 0 Å². The molecule has 0 bridgehead atoms. The maximum atomic E-state index is 5.59. The van der Waals surface area contributed by atoms with Crippen molar-refractivity contribution < 1.29 is 0 Å².